The number of hydrogen-bond acceptors (Lipinski definition) is 3. The number of likely N-dealkylation sites (N-methyl/N-ethyl adjacent to an activating group) is 1. The highest BCUT2D eigenvalue weighted by Crippen LogP contribution is 2.25. The molecule has 0 N–H and O–H groups in total. The number of hydrogen-bond donors (Lipinski definition) is 1. The van der Waals surface area contributed by atoms with Crippen LogP contribution < -0.4 is 0 Å². The van der Waals surface area contributed by atoms with Crippen molar-refractivity contribution in [2.24, 2.45) is 0 Å². The van der Waals surface area contributed by atoms with Gasteiger partial charge in [0.2, 0.25) is 0 Å². The summed E-state index contributed by atoms with van der Waals surface area (Å²) in [6.07, 6.45) is 2.32. The van der Waals surface area contributed by atoms with Crippen molar-refractivity contribution in [3.05, 3.63) is 35.2 Å². The Balaban J connectivity index is 1.95. The van der Waals surface area contributed by atoms with E-state index in [1.54, 1.807) is 0 Å². The third-order valence-corrected chi connectivity index (χ3v) is 4.35. The Hall–Kier alpha value is -0.510. The lowest BCUT2D eigenvalue weighted by Crippen LogP contribution is -2.22. The van der Waals surface area contributed by atoms with Gasteiger partial charge in [0.1, 0.15) is 0 Å². The summed E-state index contributed by atoms with van der Waals surface area (Å²) in [6, 6.07) is 8.67. The van der Waals surface area contributed by atoms with E-state index in [1.807, 2.05) is 11.3 Å². The summed E-state index contributed by atoms with van der Waals surface area (Å²) in [5.41, 5.74) is 1.49. The van der Waals surface area contributed by atoms with E-state index in [-0.39, 0.29) is 0 Å². The van der Waals surface area contributed by atoms with Crippen LogP contribution in [0.25, 0.3) is 10.1 Å². The summed E-state index contributed by atoms with van der Waals surface area (Å²) in [5, 5.41) is 3.73. The Bertz CT molecular complexity index is 464. The molecule has 0 saturated carbocycles. The molecular weight excluding hydrogens is 246 g/mol. The average Bonchev–Trinajstić information content (AvgIpc) is 2.77. The molecule has 0 atom stereocenters. The molecular formula is C14H19NS2. The summed E-state index contributed by atoms with van der Waals surface area (Å²) >= 11 is 6.10. The van der Waals surface area contributed by atoms with Crippen LogP contribution in [0.5, 0.6) is 0 Å². The normalized spacial score (nSPS) is 11.5. The number of benzene rings is 1. The van der Waals surface area contributed by atoms with Crippen molar-refractivity contribution in [2.45, 2.75) is 12.8 Å². The van der Waals surface area contributed by atoms with Crippen LogP contribution in [-0.4, -0.2) is 30.8 Å². The summed E-state index contributed by atoms with van der Waals surface area (Å²) < 4.78 is 1.40. The van der Waals surface area contributed by atoms with Gasteiger partial charge in [-0.25, -0.2) is 0 Å². The molecule has 0 aliphatic rings. The molecule has 1 aromatic heterocycles. The molecule has 2 rings (SSSR count). The molecule has 0 saturated heterocycles. The summed E-state index contributed by atoms with van der Waals surface area (Å²) in [6.45, 7) is 2.28. The molecule has 0 spiro atoms. The van der Waals surface area contributed by atoms with Crippen LogP contribution in [0.1, 0.15) is 12.0 Å². The highest BCUT2D eigenvalue weighted by atomic mass is 32.1. The van der Waals surface area contributed by atoms with E-state index in [9.17, 15) is 0 Å². The van der Waals surface area contributed by atoms with Crippen molar-refractivity contribution in [3.63, 3.8) is 0 Å². The molecule has 0 aliphatic carbocycles. The predicted molar refractivity (Wildman–Crippen MR) is 81.5 cm³/mol. The van der Waals surface area contributed by atoms with Gasteiger partial charge in [-0.1, -0.05) is 18.2 Å². The van der Waals surface area contributed by atoms with Crippen molar-refractivity contribution < 1.29 is 0 Å². The van der Waals surface area contributed by atoms with Gasteiger partial charge >= 0.3 is 0 Å². The van der Waals surface area contributed by atoms with Crippen molar-refractivity contribution in [1.29, 1.82) is 0 Å². The molecule has 0 aliphatic heterocycles. The molecule has 1 nitrogen and oxygen atoms in total. The van der Waals surface area contributed by atoms with E-state index in [2.05, 4.69) is 54.2 Å². The van der Waals surface area contributed by atoms with Gasteiger partial charge in [0.15, 0.2) is 0 Å². The van der Waals surface area contributed by atoms with Crippen LogP contribution in [0.15, 0.2) is 29.6 Å². The van der Waals surface area contributed by atoms with Crippen molar-refractivity contribution in [2.75, 3.05) is 25.9 Å². The quantitative estimate of drug-likeness (QED) is 0.780. The van der Waals surface area contributed by atoms with Crippen molar-refractivity contribution in [1.82, 2.24) is 4.90 Å². The van der Waals surface area contributed by atoms with Gasteiger partial charge in [-0.3, -0.25) is 0 Å². The number of thiophene rings is 1. The lowest BCUT2D eigenvalue weighted by Gasteiger charge is -2.15. The zero-order valence-electron chi connectivity index (χ0n) is 10.2. The highest BCUT2D eigenvalue weighted by molar-refractivity contribution is 7.80. The number of thiol groups is 1. The Labute approximate surface area is 113 Å². The summed E-state index contributed by atoms with van der Waals surface area (Å²) in [7, 11) is 2.19. The average molecular weight is 265 g/mol. The minimum Gasteiger partial charge on any atom is -0.306 e. The summed E-state index contributed by atoms with van der Waals surface area (Å²) in [4.78, 5) is 2.39. The lowest BCUT2D eigenvalue weighted by atomic mass is 10.1. The third kappa shape index (κ3) is 3.47. The minimum absolute atomic E-state index is 0.978. The van der Waals surface area contributed by atoms with E-state index < -0.39 is 0 Å². The first kappa shape index (κ1) is 12.9. The maximum Gasteiger partial charge on any atom is 0.0345 e. The zero-order chi connectivity index (χ0) is 12.1. The largest absolute Gasteiger partial charge is 0.306 e. The van der Waals surface area contributed by atoms with E-state index >= 15 is 0 Å². The lowest BCUT2D eigenvalue weighted by molar-refractivity contribution is 0.341. The van der Waals surface area contributed by atoms with Gasteiger partial charge in [-0.15, -0.1) is 11.3 Å². The van der Waals surface area contributed by atoms with Gasteiger partial charge < -0.3 is 4.90 Å². The first-order chi connectivity index (χ1) is 8.31. The number of nitrogens with zero attached hydrogens (tertiary/aromatic N) is 1. The smallest absolute Gasteiger partial charge is 0.0345 e. The van der Waals surface area contributed by atoms with Crippen molar-refractivity contribution >= 4 is 34.1 Å². The second kappa shape index (κ2) is 6.43. The minimum atomic E-state index is 0.978. The molecule has 0 unspecified atom stereocenters. The maximum absolute atomic E-state index is 4.25. The standard InChI is InChI=1S/C14H19NS2/c1-15(8-4-10-16)9-7-12-11-17-14-6-3-2-5-13(12)14/h2-3,5-6,11,16H,4,7-10H2,1H3. The molecule has 2 aromatic rings. The second-order valence-electron chi connectivity index (χ2n) is 4.39. The number of rotatable bonds is 6. The first-order valence-electron chi connectivity index (χ1n) is 6.06. The summed E-state index contributed by atoms with van der Waals surface area (Å²) in [5.74, 6) is 0.978. The molecule has 0 bridgehead atoms. The fraction of sp³-hybridized carbons (Fsp3) is 0.429. The Kier molecular flexibility index (Phi) is 4.89. The van der Waals surface area contributed by atoms with Gasteiger partial charge in [0.25, 0.3) is 0 Å². The number of fused-ring (bicyclic) bond motifs is 1. The van der Waals surface area contributed by atoms with Crippen LogP contribution >= 0.6 is 24.0 Å². The Morgan fingerprint density at radius 2 is 2.06 bits per heavy atom. The maximum atomic E-state index is 4.25. The van der Waals surface area contributed by atoms with Crippen LogP contribution in [0, 0.1) is 0 Å². The van der Waals surface area contributed by atoms with Crippen LogP contribution in [-0.2, 0) is 6.42 Å². The molecule has 1 aromatic carbocycles. The zero-order valence-corrected chi connectivity index (χ0v) is 11.9. The Morgan fingerprint density at radius 1 is 1.24 bits per heavy atom. The fourth-order valence-corrected chi connectivity index (χ4v) is 3.13. The molecule has 0 fully saturated rings. The SMILES string of the molecule is CN(CCCS)CCc1csc2ccccc12. The third-order valence-electron chi connectivity index (χ3n) is 3.02. The predicted octanol–water partition coefficient (Wildman–Crippen LogP) is 3.70. The second-order valence-corrected chi connectivity index (χ2v) is 5.75. The Morgan fingerprint density at radius 3 is 2.88 bits per heavy atom. The monoisotopic (exact) mass is 265 g/mol. The van der Waals surface area contributed by atoms with E-state index in [0.717, 1.165) is 25.3 Å². The van der Waals surface area contributed by atoms with E-state index in [1.165, 1.54) is 22.1 Å². The first-order valence-corrected chi connectivity index (χ1v) is 7.57. The molecule has 3 heteroatoms. The topological polar surface area (TPSA) is 3.24 Å². The van der Waals surface area contributed by atoms with Crippen molar-refractivity contribution in [3.8, 4) is 0 Å². The van der Waals surface area contributed by atoms with Crippen LogP contribution in [0.4, 0.5) is 0 Å². The van der Waals surface area contributed by atoms with Gasteiger partial charge in [0.05, 0.1) is 0 Å². The molecule has 0 amide bonds. The fourth-order valence-electron chi connectivity index (χ4n) is 1.99. The van der Waals surface area contributed by atoms with Gasteiger partial charge in [-0.05, 0) is 54.6 Å². The molecule has 1 heterocycles. The molecule has 17 heavy (non-hydrogen) atoms. The van der Waals surface area contributed by atoms with Gasteiger partial charge in [0, 0.05) is 11.2 Å². The van der Waals surface area contributed by atoms with E-state index in [4.69, 9.17) is 0 Å². The molecule has 92 valence electrons. The van der Waals surface area contributed by atoms with Gasteiger partial charge in [-0.2, -0.15) is 12.6 Å². The molecule has 0 radical (unpaired) electrons. The van der Waals surface area contributed by atoms with E-state index in [0.29, 0.717) is 0 Å². The highest BCUT2D eigenvalue weighted by Gasteiger charge is 2.04. The van der Waals surface area contributed by atoms with Crippen LogP contribution in [0.2, 0.25) is 0 Å². The van der Waals surface area contributed by atoms with Crippen LogP contribution in [0.3, 0.4) is 0 Å².